The first-order valence-electron chi connectivity index (χ1n) is 6.46. The molecule has 5 heteroatoms. The third-order valence-electron chi connectivity index (χ3n) is 3.72. The molecule has 1 aliphatic heterocycles. The van der Waals surface area contributed by atoms with Crippen molar-refractivity contribution in [3.05, 3.63) is 29.8 Å². The molecule has 1 amide bonds. The summed E-state index contributed by atoms with van der Waals surface area (Å²) in [5, 5.41) is 17.0. The van der Waals surface area contributed by atoms with Crippen LogP contribution in [0.15, 0.2) is 29.4 Å². The fourth-order valence-electron chi connectivity index (χ4n) is 2.33. The van der Waals surface area contributed by atoms with E-state index in [-0.39, 0.29) is 5.91 Å². The van der Waals surface area contributed by atoms with Gasteiger partial charge in [-0.1, -0.05) is 17.2 Å². The van der Waals surface area contributed by atoms with E-state index in [0.29, 0.717) is 16.8 Å². The number of fused-ring (bicyclic) bond motifs is 1. The number of aliphatic hydroxyl groups is 1. The molecule has 3 rings (SSSR count). The normalized spacial score (nSPS) is 21.5. The molecule has 0 atom stereocenters. The molecule has 0 saturated heterocycles. The van der Waals surface area contributed by atoms with Crippen LogP contribution in [0.5, 0.6) is 0 Å². The molecule has 100 valence electrons. The molecule has 0 aromatic heterocycles. The minimum Gasteiger partial charge on any atom is -0.388 e. The smallest absolute Gasteiger partial charge is 0.276 e. The Labute approximate surface area is 112 Å². The Hall–Kier alpha value is -1.72. The van der Waals surface area contributed by atoms with Crippen molar-refractivity contribution in [1.29, 1.82) is 0 Å². The Balaban J connectivity index is 1.83. The summed E-state index contributed by atoms with van der Waals surface area (Å²) in [6.45, 7) is 0.306. The lowest BCUT2D eigenvalue weighted by molar-refractivity contribution is -0.115. The number of rotatable bonds is 3. The highest BCUT2D eigenvalue weighted by molar-refractivity contribution is 6.47. The van der Waals surface area contributed by atoms with Gasteiger partial charge < -0.3 is 10.4 Å². The summed E-state index contributed by atoms with van der Waals surface area (Å²) < 4.78 is 0.323. The molecule has 0 bridgehead atoms. The standard InChI is InChI=1S/C14H17N3O2/c1-17(2)11-6-4-3-5-10(11)12(16-17)13(18)15-9-14(19)7-8-14/h3-6,19H,7-9H2,1-2H3/p+1. The van der Waals surface area contributed by atoms with Gasteiger partial charge in [-0.3, -0.25) is 4.79 Å². The summed E-state index contributed by atoms with van der Waals surface area (Å²) in [5.74, 6) is -0.212. The minimum atomic E-state index is -0.682. The first-order chi connectivity index (χ1) is 8.91. The van der Waals surface area contributed by atoms with Crippen molar-refractivity contribution in [2.75, 3.05) is 20.6 Å². The summed E-state index contributed by atoms with van der Waals surface area (Å²) in [6.07, 6.45) is 1.52. The van der Waals surface area contributed by atoms with Gasteiger partial charge in [0.2, 0.25) is 0 Å². The van der Waals surface area contributed by atoms with Crippen LogP contribution < -0.4 is 9.91 Å². The van der Waals surface area contributed by atoms with Crippen molar-refractivity contribution in [3.8, 4) is 0 Å². The molecule has 0 radical (unpaired) electrons. The van der Waals surface area contributed by atoms with Crippen molar-refractivity contribution in [2.45, 2.75) is 18.4 Å². The first kappa shape index (κ1) is 12.3. The van der Waals surface area contributed by atoms with Gasteiger partial charge >= 0.3 is 0 Å². The fourth-order valence-corrected chi connectivity index (χ4v) is 2.33. The predicted molar refractivity (Wildman–Crippen MR) is 73.8 cm³/mol. The second kappa shape index (κ2) is 3.88. The molecule has 0 spiro atoms. The SMILES string of the molecule is C[N+]1(C)N=C(C(=O)NCC2(O)CC2)c2ccccc21. The van der Waals surface area contributed by atoms with E-state index >= 15 is 0 Å². The third-order valence-corrected chi connectivity index (χ3v) is 3.72. The molecule has 1 aromatic rings. The molecule has 1 fully saturated rings. The lowest BCUT2D eigenvalue weighted by Crippen LogP contribution is -2.38. The maximum atomic E-state index is 12.2. The Morgan fingerprint density at radius 3 is 2.79 bits per heavy atom. The minimum absolute atomic E-state index is 0.212. The lowest BCUT2D eigenvalue weighted by Gasteiger charge is -2.17. The van der Waals surface area contributed by atoms with E-state index in [2.05, 4.69) is 10.4 Å². The topological polar surface area (TPSA) is 61.7 Å². The maximum absolute atomic E-state index is 12.2. The summed E-state index contributed by atoms with van der Waals surface area (Å²) in [7, 11) is 3.88. The number of nitrogens with one attached hydrogen (secondary N) is 1. The molecule has 5 nitrogen and oxygen atoms in total. The van der Waals surface area contributed by atoms with Crippen LogP contribution in [0.2, 0.25) is 0 Å². The molecule has 0 unspecified atom stereocenters. The van der Waals surface area contributed by atoms with Crippen LogP contribution in [0.25, 0.3) is 0 Å². The maximum Gasteiger partial charge on any atom is 0.276 e. The Kier molecular flexibility index (Phi) is 2.52. The van der Waals surface area contributed by atoms with Gasteiger partial charge in [0.25, 0.3) is 5.91 Å². The number of carbonyl (C=O) groups is 1. The monoisotopic (exact) mass is 260 g/mol. The Morgan fingerprint density at radius 2 is 2.11 bits per heavy atom. The van der Waals surface area contributed by atoms with E-state index in [1.165, 1.54) is 0 Å². The van der Waals surface area contributed by atoms with Crippen LogP contribution in [0.4, 0.5) is 5.69 Å². The highest BCUT2D eigenvalue weighted by Crippen LogP contribution is 2.34. The van der Waals surface area contributed by atoms with Crippen LogP contribution in [0, 0.1) is 0 Å². The quantitative estimate of drug-likeness (QED) is 0.782. The van der Waals surface area contributed by atoms with Gasteiger partial charge in [-0.15, -0.1) is 0 Å². The first-order valence-corrected chi connectivity index (χ1v) is 6.46. The van der Waals surface area contributed by atoms with Crippen molar-refractivity contribution in [3.63, 3.8) is 0 Å². The van der Waals surface area contributed by atoms with Gasteiger partial charge in [-0.25, -0.2) is 0 Å². The summed E-state index contributed by atoms with van der Waals surface area (Å²) in [5.41, 5.74) is 1.65. The highest BCUT2D eigenvalue weighted by Gasteiger charge is 2.42. The lowest BCUT2D eigenvalue weighted by atomic mass is 10.1. The zero-order chi connectivity index (χ0) is 13.7. The zero-order valence-corrected chi connectivity index (χ0v) is 11.2. The van der Waals surface area contributed by atoms with E-state index in [0.717, 1.165) is 24.1 Å². The van der Waals surface area contributed by atoms with Crippen LogP contribution in [0.3, 0.4) is 0 Å². The Bertz CT molecular complexity index is 574. The van der Waals surface area contributed by atoms with E-state index in [9.17, 15) is 9.90 Å². The van der Waals surface area contributed by atoms with Crippen LogP contribution in [-0.2, 0) is 4.79 Å². The number of carbonyl (C=O) groups excluding carboxylic acids is 1. The molecule has 1 aromatic carbocycles. The molecule has 1 saturated carbocycles. The molecule has 2 aliphatic rings. The highest BCUT2D eigenvalue weighted by atomic mass is 16.3. The predicted octanol–water partition coefficient (Wildman–Crippen LogP) is 0.612. The summed E-state index contributed by atoms with van der Waals surface area (Å²) in [4.78, 5) is 12.2. The molecule has 19 heavy (non-hydrogen) atoms. The number of hydrogen-bond donors (Lipinski definition) is 2. The van der Waals surface area contributed by atoms with Gasteiger partial charge in [-0.05, 0) is 18.9 Å². The number of nitrogens with zero attached hydrogens (tertiary/aromatic N) is 2. The summed E-state index contributed by atoms with van der Waals surface area (Å²) >= 11 is 0. The van der Waals surface area contributed by atoms with Gasteiger partial charge in [0.1, 0.15) is 0 Å². The molecule has 1 heterocycles. The van der Waals surface area contributed by atoms with Crippen molar-refractivity contribution >= 4 is 17.3 Å². The largest absolute Gasteiger partial charge is 0.388 e. The third kappa shape index (κ3) is 2.15. The number of amides is 1. The number of benzene rings is 1. The molecular weight excluding hydrogens is 242 g/mol. The number of hydrogen-bond acceptors (Lipinski definition) is 3. The van der Waals surface area contributed by atoms with E-state index in [4.69, 9.17) is 0 Å². The van der Waals surface area contributed by atoms with Gasteiger partial charge in [0.05, 0.1) is 25.3 Å². The van der Waals surface area contributed by atoms with Crippen LogP contribution >= 0.6 is 0 Å². The average molecular weight is 260 g/mol. The van der Waals surface area contributed by atoms with Crippen molar-refractivity contribution in [1.82, 2.24) is 9.91 Å². The number of para-hydroxylation sites is 1. The average Bonchev–Trinajstić information content (AvgIpc) is 3.05. The van der Waals surface area contributed by atoms with Gasteiger partial charge in [0.15, 0.2) is 11.4 Å². The summed E-state index contributed by atoms with van der Waals surface area (Å²) in [6, 6.07) is 7.74. The van der Waals surface area contributed by atoms with Crippen molar-refractivity contribution < 1.29 is 9.90 Å². The van der Waals surface area contributed by atoms with Gasteiger partial charge in [-0.2, -0.15) is 4.59 Å². The second-order valence-corrected chi connectivity index (χ2v) is 5.77. The second-order valence-electron chi connectivity index (χ2n) is 5.77. The Morgan fingerprint density at radius 1 is 1.42 bits per heavy atom. The van der Waals surface area contributed by atoms with E-state index < -0.39 is 5.60 Å². The van der Waals surface area contributed by atoms with Crippen LogP contribution in [-0.4, -0.2) is 43.0 Å². The zero-order valence-electron chi connectivity index (χ0n) is 11.2. The van der Waals surface area contributed by atoms with Crippen molar-refractivity contribution in [2.24, 2.45) is 5.10 Å². The number of quaternary nitrogens is 1. The van der Waals surface area contributed by atoms with E-state index in [1.54, 1.807) is 0 Å². The van der Waals surface area contributed by atoms with Crippen LogP contribution in [0.1, 0.15) is 18.4 Å². The molecule has 1 aliphatic carbocycles. The molecule has 2 N–H and O–H groups in total. The van der Waals surface area contributed by atoms with Gasteiger partial charge in [0, 0.05) is 12.6 Å². The molecular formula is C14H18N3O2+. The fraction of sp³-hybridized carbons (Fsp3) is 0.429. The van der Waals surface area contributed by atoms with E-state index in [1.807, 2.05) is 38.4 Å².